The number of aromatic amines is 1. The number of nitrogens with two attached hydrogens (primary N) is 1. The minimum absolute atomic E-state index is 0. The van der Waals surface area contributed by atoms with Crippen molar-refractivity contribution >= 4 is 35.6 Å². The summed E-state index contributed by atoms with van der Waals surface area (Å²) in [6.45, 7) is 4.46. The van der Waals surface area contributed by atoms with Crippen molar-refractivity contribution in [1.29, 1.82) is 0 Å². The molecule has 0 saturated heterocycles. The van der Waals surface area contributed by atoms with E-state index in [0.29, 0.717) is 30.5 Å². The molecule has 0 aliphatic carbocycles. The molecule has 0 spiro atoms. The van der Waals surface area contributed by atoms with Gasteiger partial charge in [-0.2, -0.15) is 5.10 Å². The number of nitrogens with zero attached hydrogens (tertiary/aromatic N) is 3. The summed E-state index contributed by atoms with van der Waals surface area (Å²) in [5.41, 5.74) is 6.77. The molecule has 2 aromatic heterocycles. The molecule has 9 heteroatoms. The van der Waals surface area contributed by atoms with Crippen LogP contribution < -0.4 is 15.8 Å². The van der Waals surface area contributed by atoms with E-state index in [1.807, 2.05) is 44.2 Å². The Labute approximate surface area is 174 Å². The number of hydrogen-bond donors (Lipinski definition) is 3. The summed E-state index contributed by atoms with van der Waals surface area (Å²) >= 11 is 0. The highest BCUT2D eigenvalue weighted by molar-refractivity contribution is 14.0. The number of furan rings is 1. The molecule has 3 rings (SSSR count). The van der Waals surface area contributed by atoms with E-state index in [-0.39, 0.29) is 30.1 Å². The van der Waals surface area contributed by atoms with Gasteiger partial charge in [-0.3, -0.25) is 10.1 Å². The van der Waals surface area contributed by atoms with Crippen LogP contribution in [-0.2, 0) is 6.42 Å². The van der Waals surface area contributed by atoms with Gasteiger partial charge in [-0.25, -0.2) is 4.98 Å². The molecular weight excluding hydrogens is 459 g/mol. The van der Waals surface area contributed by atoms with Crippen LogP contribution in [0.5, 0.6) is 5.75 Å². The third-order valence-corrected chi connectivity index (χ3v) is 3.40. The normalized spacial score (nSPS) is 11.3. The quantitative estimate of drug-likeness (QED) is 0.270. The van der Waals surface area contributed by atoms with E-state index in [2.05, 4.69) is 25.5 Å². The van der Waals surface area contributed by atoms with Gasteiger partial charge in [0.1, 0.15) is 11.6 Å². The first-order valence-corrected chi connectivity index (χ1v) is 8.39. The second kappa shape index (κ2) is 9.95. The Morgan fingerprint density at radius 1 is 1.30 bits per heavy atom. The number of benzene rings is 1. The predicted octanol–water partition coefficient (Wildman–Crippen LogP) is 3.44. The van der Waals surface area contributed by atoms with Crippen LogP contribution in [0.3, 0.4) is 0 Å². The summed E-state index contributed by atoms with van der Waals surface area (Å²) in [5.74, 6) is 3.04. The summed E-state index contributed by atoms with van der Waals surface area (Å²) in [6, 6.07) is 11.2. The smallest absolute Gasteiger partial charge is 0.216 e. The van der Waals surface area contributed by atoms with E-state index in [1.165, 1.54) is 0 Å². The lowest BCUT2D eigenvalue weighted by atomic mass is 10.3. The van der Waals surface area contributed by atoms with Crippen LogP contribution in [0.2, 0.25) is 0 Å². The van der Waals surface area contributed by atoms with Crippen LogP contribution in [-0.4, -0.2) is 33.8 Å². The fourth-order valence-electron chi connectivity index (χ4n) is 2.28. The lowest BCUT2D eigenvalue weighted by Gasteiger charge is -2.10. The van der Waals surface area contributed by atoms with Gasteiger partial charge in [0.2, 0.25) is 5.82 Å². The fraction of sp³-hybridized carbons (Fsp3) is 0.278. The predicted molar refractivity (Wildman–Crippen MR) is 116 cm³/mol. The van der Waals surface area contributed by atoms with E-state index in [0.717, 1.165) is 17.3 Å². The zero-order valence-electron chi connectivity index (χ0n) is 15.2. The van der Waals surface area contributed by atoms with Crippen molar-refractivity contribution in [3.63, 3.8) is 0 Å². The maximum absolute atomic E-state index is 5.92. The molecule has 27 heavy (non-hydrogen) atoms. The molecule has 8 nitrogen and oxygen atoms in total. The Bertz CT molecular complexity index is 843. The number of aliphatic imine (C=N–C) groups is 1. The van der Waals surface area contributed by atoms with E-state index in [1.54, 1.807) is 12.3 Å². The van der Waals surface area contributed by atoms with Crippen LogP contribution in [0, 0.1) is 0 Å². The molecule has 4 N–H and O–H groups in total. The Morgan fingerprint density at radius 2 is 2.07 bits per heavy atom. The van der Waals surface area contributed by atoms with Crippen LogP contribution >= 0.6 is 24.0 Å². The van der Waals surface area contributed by atoms with Crippen molar-refractivity contribution in [3.05, 3.63) is 48.5 Å². The van der Waals surface area contributed by atoms with E-state index < -0.39 is 0 Å². The van der Waals surface area contributed by atoms with E-state index in [4.69, 9.17) is 14.9 Å². The molecule has 144 valence electrons. The Hall–Kier alpha value is -2.56. The topological polar surface area (TPSA) is 114 Å². The number of hydrogen-bond acceptors (Lipinski definition) is 5. The number of aromatic nitrogens is 3. The third kappa shape index (κ3) is 6.27. The molecule has 0 radical (unpaired) electrons. The van der Waals surface area contributed by atoms with E-state index in [9.17, 15) is 0 Å². The van der Waals surface area contributed by atoms with Crippen molar-refractivity contribution in [2.75, 3.05) is 11.9 Å². The standard InChI is InChI=1S/C18H22N6O2.HI/c1-12(2)26-14-7-5-13(6-8-14)21-18(19)20-10-9-16-22-17(24-23-16)15-4-3-11-25-15;/h3-8,11-12H,9-10H2,1-2H3,(H3,19,20,21)(H,22,23,24);1H. The number of rotatable bonds is 7. The molecular formula is C18H23IN6O2. The fourth-order valence-corrected chi connectivity index (χ4v) is 2.28. The van der Waals surface area contributed by atoms with Gasteiger partial charge in [-0.1, -0.05) is 0 Å². The minimum Gasteiger partial charge on any atom is -0.491 e. The van der Waals surface area contributed by atoms with Gasteiger partial charge >= 0.3 is 0 Å². The molecule has 0 aliphatic rings. The zero-order chi connectivity index (χ0) is 18.4. The largest absolute Gasteiger partial charge is 0.491 e. The third-order valence-electron chi connectivity index (χ3n) is 3.40. The maximum atomic E-state index is 5.92. The monoisotopic (exact) mass is 482 g/mol. The number of nitrogens with one attached hydrogen (secondary N) is 2. The van der Waals surface area contributed by atoms with Crippen LogP contribution in [0.15, 0.2) is 52.1 Å². The first-order chi connectivity index (χ1) is 12.6. The van der Waals surface area contributed by atoms with Crippen LogP contribution in [0.25, 0.3) is 11.6 Å². The second-order valence-corrected chi connectivity index (χ2v) is 5.92. The summed E-state index contributed by atoms with van der Waals surface area (Å²) in [4.78, 5) is 8.66. The van der Waals surface area contributed by atoms with Crippen LogP contribution in [0.4, 0.5) is 5.69 Å². The van der Waals surface area contributed by atoms with Gasteiger partial charge in [-0.05, 0) is 50.2 Å². The first-order valence-electron chi connectivity index (χ1n) is 8.39. The number of halogens is 1. The van der Waals surface area contributed by atoms with Crippen molar-refractivity contribution in [2.45, 2.75) is 26.4 Å². The van der Waals surface area contributed by atoms with Crippen molar-refractivity contribution < 1.29 is 9.15 Å². The number of anilines is 1. The highest BCUT2D eigenvalue weighted by atomic mass is 127. The Balaban J connectivity index is 0.00000261. The van der Waals surface area contributed by atoms with Crippen LogP contribution in [0.1, 0.15) is 19.7 Å². The molecule has 0 atom stereocenters. The summed E-state index contributed by atoms with van der Waals surface area (Å²) in [6.07, 6.45) is 2.32. The number of guanidine groups is 1. The molecule has 0 unspecified atom stereocenters. The maximum Gasteiger partial charge on any atom is 0.216 e. The summed E-state index contributed by atoms with van der Waals surface area (Å²) < 4.78 is 10.9. The average Bonchev–Trinajstić information content (AvgIpc) is 3.27. The van der Waals surface area contributed by atoms with Crippen molar-refractivity contribution in [1.82, 2.24) is 15.2 Å². The average molecular weight is 482 g/mol. The zero-order valence-corrected chi connectivity index (χ0v) is 17.5. The van der Waals surface area contributed by atoms with E-state index >= 15 is 0 Å². The Morgan fingerprint density at radius 3 is 2.74 bits per heavy atom. The highest BCUT2D eigenvalue weighted by Gasteiger charge is 2.07. The lowest BCUT2D eigenvalue weighted by molar-refractivity contribution is 0.242. The molecule has 3 aromatic rings. The van der Waals surface area contributed by atoms with Gasteiger partial charge in [0, 0.05) is 18.7 Å². The number of H-pyrrole nitrogens is 1. The molecule has 2 heterocycles. The number of ether oxygens (including phenoxy) is 1. The van der Waals surface area contributed by atoms with Gasteiger partial charge in [0.05, 0.1) is 12.4 Å². The summed E-state index contributed by atoms with van der Waals surface area (Å²) in [7, 11) is 0. The molecule has 0 saturated carbocycles. The first kappa shape index (κ1) is 20.7. The van der Waals surface area contributed by atoms with Crippen molar-refractivity contribution in [2.24, 2.45) is 10.7 Å². The van der Waals surface area contributed by atoms with Crippen molar-refractivity contribution in [3.8, 4) is 17.3 Å². The summed E-state index contributed by atoms with van der Waals surface area (Å²) in [5, 5.41) is 10.0. The lowest BCUT2D eigenvalue weighted by Crippen LogP contribution is -2.23. The minimum atomic E-state index is 0. The molecule has 1 aromatic carbocycles. The molecule has 0 bridgehead atoms. The van der Waals surface area contributed by atoms with Gasteiger partial charge in [0.25, 0.3) is 0 Å². The SMILES string of the molecule is CC(C)Oc1ccc(NC(N)=NCCc2nc(-c3ccco3)n[nH]2)cc1.I. The molecule has 0 fully saturated rings. The van der Waals surface area contributed by atoms with Gasteiger partial charge < -0.3 is 20.2 Å². The molecule has 0 amide bonds. The second-order valence-electron chi connectivity index (χ2n) is 5.92. The van der Waals surface area contributed by atoms with Gasteiger partial charge in [-0.15, -0.1) is 24.0 Å². The highest BCUT2D eigenvalue weighted by Crippen LogP contribution is 2.17. The van der Waals surface area contributed by atoms with Gasteiger partial charge in [0.15, 0.2) is 11.7 Å². The Kier molecular flexibility index (Phi) is 7.65. The molecule has 0 aliphatic heterocycles.